The first-order valence-electron chi connectivity index (χ1n) is 6.86. The molecule has 6 nitrogen and oxygen atoms in total. The molecule has 0 aromatic rings. The van der Waals surface area contributed by atoms with E-state index in [1.54, 1.807) is 0 Å². The normalized spacial score (nSPS) is 27.3. The van der Waals surface area contributed by atoms with E-state index in [0.29, 0.717) is 39.3 Å². The lowest BCUT2D eigenvalue weighted by Crippen LogP contribution is -2.53. The molecule has 0 aliphatic carbocycles. The molecule has 0 spiro atoms. The van der Waals surface area contributed by atoms with Gasteiger partial charge in [0.25, 0.3) is 10.2 Å². The average molecular weight is 290 g/mol. The van der Waals surface area contributed by atoms with Crippen molar-refractivity contribution >= 4 is 16.0 Å². The molecule has 0 amide bonds. The van der Waals surface area contributed by atoms with Crippen molar-refractivity contribution in [2.24, 2.45) is 0 Å². The van der Waals surface area contributed by atoms with Crippen molar-refractivity contribution in [2.75, 3.05) is 32.8 Å². The number of ketones is 1. The number of hydrogen-bond donors (Lipinski definition) is 0. The Morgan fingerprint density at radius 3 is 2.53 bits per heavy atom. The maximum Gasteiger partial charge on any atom is 0.282 e. The SMILES string of the molecule is CC(=O)CC1CCCCN1S(=O)(=O)N1CCOCC1. The molecule has 0 saturated carbocycles. The Balaban J connectivity index is 2.13. The third-order valence-corrected chi connectivity index (χ3v) is 5.78. The molecule has 7 heteroatoms. The van der Waals surface area contributed by atoms with Crippen LogP contribution in [0, 0.1) is 0 Å². The van der Waals surface area contributed by atoms with Crippen LogP contribution in [0.5, 0.6) is 0 Å². The van der Waals surface area contributed by atoms with Gasteiger partial charge < -0.3 is 4.74 Å². The second-order valence-corrected chi connectivity index (χ2v) is 7.07. The van der Waals surface area contributed by atoms with Crippen LogP contribution in [-0.2, 0) is 19.7 Å². The maximum atomic E-state index is 12.6. The van der Waals surface area contributed by atoms with Crippen LogP contribution in [0.2, 0.25) is 0 Å². The van der Waals surface area contributed by atoms with Crippen molar-refractivity contribution in [1.29, 1.82) is 0 Å². The first-order chi connectivity index (χ1) is 9.01. The molecule has 2 aliphatic heterocycles. The smallest absolute Gasteiger partial charge is 0.282 e. The Morgan fingerprint density at radius 1 is 1.21 bits per heavy atom. The Hall–Kier alpha value is -0.500. The fraction of sp³-hybridized carbons (Fsp3) is 0.917. The van der Waals surface area contributed by atoms with Gasteiger partial charge in [0.05, 0.1) is 13.2 Å². The number of rotatable bonds is 4. The van der Waals surface area contributed by atoms with E-state index in [9.17, 15) is 13.2 Å². The lowest BCUT2D eigenvalue weighted by Gasteiger charge is -2.38. The summed E-state index contributed by atoms with van der Waals surface area (Å²) in [5.74, 6) is 0.0501. The number of hydrogen-bond acceptors (Lipinski definition) is 4. The minimum absolute atomic E-state index is 0.0501. The summed E-state index contributed by atoms with van der Waals surface area (Å²) in [5, 5.41) is 0. The number of morpholine rings is 1. The van der Waals surface area contributed by atoms with Gasteiger partial charge in [-0.1, -0.05) is 6.42 Å². The van der Waals surface area contributed by atoms with Crippen LogP contribution in [0.1, 0.15) is 32.6 Å². The Bertz CT molecular complexity index is 417. The molecule has 0 bridgehead atoms. The Morgan fingerprint density at radius 2 is 1.89 bits per heavy atom. The minimum Gasteiger partial charge on any atom is -0.379 e. The van der Waals surface area contributed by atoms with E-state index >= 15 is 0 Å². The summed E-state index contributed by atoms with van der Waals surface area (Å²) in [6.45, 7) is 3.76. The van der Waals surface area contributed by atoms with Crippen molar-refractivity contribution < 1.29 is 17.9 Å². The van der Waals surface area contributed by atoms with E-state index in [1.807, 2.05) is 0 Å². The second-order valence-electron chi connectivity index (χ2n) is 5.19. The summed E-state index contributed by atoms with van der Waals surface area (Å²) in [6, 6.07) is -0.168. The summed E-state index contributed by atoms with van der Waals surface area (Å²) in [7, 11) is -3.45. The third-order valence-electron chi connectivity index (χ3n) is 3.69. The molecule has 2 rings (SSSR count). The number of carbonyl (C=O) groups is 1. The van der Waals surface area contributed by atoms with Gasteiger partial charge in [0.2, 0.25) is 0 Å². The van der Waals surface area contributed by atoms with E-state index in [0.717, 1.165) is 19.3 Å². The standard InChI is InChI=1S/C12H22N2O4S/c1-11(15)10-12-4-2-3-5-14(12)19(16,17)13-6-8-18-9-7-13/h12H,2-10H2,1H3. The van der Waals surface area contributed by atoms with Gasteiger partial charge in [-0.05, 0) is 19.8 Å². The lowest BCUT2D eigenvalue weighted by atomic mass is 10.0. The predicted molar refractivity (Wildman–Crippen MR) is 71.0 cm³/mol. The largest absolute Gasteiger partial charge is 0.379 e. The second kappa shape index (κ2) is 6.30. The molecule has 1 atom stereocenters. The van der Waals surface area contributed by atoms with Gasteiger partial charge >= 0.3 is 0 Å². The third kappa shape index (κ3) is 3.53. The Labute approximate surface area is 114 Å². The van der Waals surface area contributed by atoms with Crippen molar-refractivity contribution in [3.05, 3.63) is 0 Å². The topological polar surface area (TPSA) is 66.9 Å². The highest BCUT2D eigenvalue weighted by molar-refractivity contribution is 7.86. The van der Waals surface area contributed by atoms with E-state index < -0.39 is 10.2 Å². The van der Waals surface area contributed by atoms with E-state index in [2.05, 4.69) is 0 Å². The first-order valence-corrected chi connectivity index (χ1v) is 8.25. The van der Waals surface area contributed by atoms with Gasteiger partial charge in [0, 0.05) is 32.1 Å². The van der Waals surface area contributed by atoms with Crippen LogP contribution in [0.4, 0.5) is 0 Å². The van der Waals surface area contributed by atoms with Crippen molar-refractivity contribution in [2.45, 2.75) is 38.6 Å². The molecule has 2 fully saturated rings. The van der Waals surface area contributed by atoms with E-state index in [1.165, 1.54) is 15.5 Å². The quantitative estimate of drug-likeness (QED) is 0.751. The molecular weight excluding hydrogens is 268 g/mol. The van der Waals surface area contributed by atoms with Gasteiger partial charge in [0.15, 0.2) is 0 Å². The van der Waals surface area contributed by atoms with Gasteiger partial charge in [-0.2, -0.15) is 17.0 Å². The summed E-state index contributed by atoms with van der Waals surface area (Å²) in [5.41, 5.74) is 0. The fourth-order valence-corrected chi connectivity index (χ4v) is 4.56. The van der Waals surface area contributed by atoms with Crippen LogP contribution in [0.25, 0.3) is 0 Å². The van der Waals surface area contributed by atoms with Crippen LogP contribution >= 0.6 is 0 Å². The monoisotopic (exact) mass is 290 g/mol. The molecule has 0 aromatic carbocycles. The number of carbonyl (C=O) groups excluding carboxylic acids is 1. The molecule has 19 heavy (non-hydrogen) atoms. The first kappa shape index (κ1) is 14.9. The predicted octanol–water partition coefficient (Wildman–Crippen LogP) is 0.397. The molecule has 2 heterocycles. The van der Waals surface area contributed by atoms with Crippen molar-refractivity contribution in [3.8, 4) is 0 Å². The molecular formula is C12H22N2O4S. The van der Waals surface area contributed by atoms with Gasteiger partial charge in [-0.15, -0.1) is 0 Å². The van der Waals surface area contributed by atoms with Gasteiger partial charge in [0.1, 0.15) is 5.78 Å². The molecule has 2 aliphatic rings. The van der Waals surface area contributed by atoms with Crippen LogP contribution < -0.4 is 0 Å². The zero-order chi connectivity index (χ0) is 13.9. The van der Waals surface area contributed by atoms with E-state index in [-0.39, 0.29) is 11.8 Å². The molecule has 0 aromatic heterocycles. The Kier molecular flexibility index (Phi) is 4.94. The molecule has 0 radical (unpaired) electrons. The lowest BCUT2D eigenvalue weighted by molar-refractivity contribution is -0.118. The number of piperidine rings is 1. The summed E-state index contributed by atoms with van der Waals surface area (Å²) < 4.78 is 33.4. The van der Waals surface area contributed by atoms with E-state index in [4.69, 9.17) is 4.74 Å². The maximum absolute atomic E-state index is 12.6. The molecule has 1 unspecified atom stereocenters. The zero-order valence-corrected chi connectivity index (χ0v) is 12.2. The highest BCUT2D eigenvalue weighted by atomic mass is 32.2. The summed E-state index contributed by atoms with van der Waals surface area (Å²) >= 11 is 0. The fourth-order valence-electron chi connectivity index (χ4n) is 2.74. The number of nitrogens with zero attached hydrogens (tertiary/aromatic N) is 2. The summed E-state index contributed by atoms with van der Waals surface area (Å²) in [4.78, 5) is 11.3. The zero-order valence-electron chi connectivity index (χ0n) is 11.4. The van der Waals surface area contributed by atoms with Crippen LogP contribution in [0.3, 0.4) is 0 Å². The van der Waals surface area contributed by atoms with Crippen LogP contribution in [-0.4, -0.2) is 61.7 Å². The van der Waals surface area contributed by atoms with Crippen LogP contribution in [0.15, 0.2) is 0 Å². The molecule has 0 N–H and O–H groups in total. The van der Waals surface area contributed by atoms with Gasteiger partial charge in [-0.25, -0.2) is 0 Å². The average Bonchev–Trinajstić information content (AvgIpc) is 2.39. The number of ether oxygens (including phenoxy) is 1. The highest BCUT2D eigenvalue weighted by Crippen LogP contribution is 2.25. The van der Waals surface area contributed by atoms with Gasteiger partial charge in [-0.3, -0.25) is 4.79 Å². The minimum atomic E-state index is -3.45. The summed E-state index contributed by atoms with van der Waals surface area (Å²) in [6.07, 6.45) is 2.97. The molecule has 2 saturated heterocycles. The highest BCUT2D eigenvalue weighted by Gasteiger charge is 2.37. The van der Waals surface area contributed by atoms with Crippen molar-refractivity contribution in [1.82, 2.24) is 8.61 Å². The van der Waals surface area contributed by atoms with Crippen molar-refractivity contribution in [3.63, 3.8) is 0 Å². The number of Topliss-reactive ketones (excluding diaryl/α,β-unsaturated/α-hetero) is 1. The molecule has 110 valence electrons.